The van der Waals surface area contributed by atoms with E-state index in [0.29, 0.717) is 11.3 Å². The van der Waals surface area contributed by atoms with E-state index in [1.54, 1.807) is 24.5 Å². The van der Waals surface area contributed by atoms with E-state index in [1.165, 1.54) is 29.8 Å². The summed E-state index contributed by atoms with van der Waals surface area (Å²) in [5.74, 6) is -3.61. The molecule has 1 aromatic heterocycles. The van der Waals surface area contributed by atoms with Crippen LogP contribution >= 0.6 is 0 Å². The number of amides is 1. The Morgan fingerprint density at radius 1 is 0.944 bits per heavy atom. The molecule has 1 heterocycles. The molecule has 4 rings (SSSR count). The van der Waals surface area contributed by atoms with E-state index in [4.69, 9.17) is 0 Å². The van der Waals surface area contributed by atoms with Crippen LogP contribution in [-0.2, 0) is 23.6 Å². The summed E-state index contributed by atoms with van der Waals surface area (Å²) in [4.78, 5) is 21.7. The van der Waals surface area contributed by atoms with Gasteiger partial charge in [0, 0.05) is 34.8 Å². The Morgan fingerprint density at radius 3 is 2.22 bits per heavy atom. The number of nitrogens with one attached hydrogen (secondary N) is 1. The SMILES string of the molecule is CCc1ccccc1-c1nccnc1-c1ccc(NC(=O)Cc2ccc(C(F)(F)[C@@H](C)O)cc2)cc1. The van der Waals surface area contributed by atoms with Gasteiger partial charge in [-0.2, -0.15) is 8.78 Å². The van der Waals surface area contributed by atoms with Crippen molar-refractivity contribution in [1.82, 2.24) is 9.97 Å². The molecule has 0 aliphatic heterocycles. The molecule has 0 radical (unpaired) electrons. The molecule has 4 aromatic rings. The number of hydrogen-bond donors (Lipinski definition) is 2. The highest BCUT2D eigenvalue weighted by Gasteiger charge is 2.37. The number of aliphatic hydroxyl groups excluding tert-OH is 1. The maximum atomic E-state index is 13.9. The Morgan fingerprint density at radius 2 is 1.58 bits per heavy atom. The van der Waals surface area contributed by atoms with Gasteiger partial charge in [0.15, 0.2) is 0 Å². The van der Waals surface area contributed by atoms with Crippen LogP contribution in [0, 0.1) is 0 Å². The second-order valence-electron chi connectivity index (χ2n) is 8.56. The minimum atomic E-state index is -3.34. The second-order valence-corrected chi connectivity index (χ2v) is 8.56. The lowest BCUT2D eigenvalue weighted by molar-refractivity contribution is -0.115. The number of aryl methyl sites for hydroxylation is 1. The minimum Gasteiger partial charge on any atom is -0.387 e. The number of alkyl halides is 2. The van der Waals surface area contributed by atoms with Crippen molar-refractivity contribution in [3.8, 4) is 22.5 Å². The first-order chi connectivity index (χ1) is 17.3. The normalized spacial score (nSPS) is 12.2. The third-order valence-electron chi connectivity index (χ3n) is 6.02. The number of nitrogens with zero attached hydrogens (tertiary/aromatic N) is 2. The highest BCUT2D eigenvalue weighted by atomic mass is 19.3. The topological polar surface area (TPSA) is 75.1 Å². The molecule has 0 saturated heterocycles. The van der Waals surface area contributed by atoms with Gasteiger partial charge < -0.3 is 10.4 Å². The first-order valence-corrected chi connectivity index (χ1v) is 11.7. The molecule has 2 N–H and O–H groups in total. The lowest BCUT2D eigenvalue weighted by atomic mass is 9.98. The van der Waals surface area contributed by atoms with E-state index in [2.05, 4.69) is 28.3 Å². The summed E-state index contributed by atoms with van der Waals surface area (Å²) in [7, 11) is 0. The molecule has 7 heteroatoms. The fourth-order valence-electron chi connectivity index (χ4n) is 3.99. The van der Waals surface area contributed by atoms with Crippen LogP contribution < -0.4 is 5.32 Å². The van der Waals surface area contributed by atoms with Crippen molar-refractivity contribution in [3.05, 3.63) is 102 Å². The van der Waals surface area contributed by atoms with Gasteiger partial charge in [-0.25, -0.2) is 0 Å². The van der Waals surface area contributed by atoms with Crippen molar-refractivity contribution in [3.63, 3.8) is 0 Å². The monoisotopic (exact) mass is 487 g/mol. The third-order valence-corrected chi connectivity index (χ3v) is 6.02. The highest BCUT2D eigenvalue weighted by molar-refractivity contribution is 5.92. The molecule has 0 fully saturated rings. The first kappa shape index (κ1) is 25.1. The maximum absolute atomic E-state index is 13.9. The van der Waals surface area contributed by atoms with Gasteiger partial charge in [0.1, 0.15) is 6.10 Å². The van der Waals surface area contributed by atoms with E-state index < -0.39 is 12.0 Å². The number of aromatic nitrogens is 2. The number of hydrogen-bond acceptors (Lipinski definition) is 4. The molecule has 0 bridgehead atoms. The number of benzene rings is 3. The van der Waals surface area contributed by atoms with Crippen LogP contribution in [-0.4, -0.2) is 27.1 Å². The average molecular weight is 488 g/mol. The molecule has 184 valence electrons. The Kier molecular flexibility index (Phi) is 7.50. The van der Waals surface area contributed by atoms with Gasteiger partial charge in [0.05, 0.1) is 17.8 Å². The number of carbonyl (C=O) groups excluding carboxylic acids is 1. The second kappa shape index (κ2) is 10.7. The van der Waals surface area contributed by atoms with Crippen LogP contribution in [0.15, 0.2) is 85.2 Å². The molecule has 0 saturated carbocycles. The van der Waals surface area contributed by atoms with Crippen LogP contribution in [0.4, 0.5) is 14.5 Å². The van der Waals surface area contributed by atoms with E-state index >= 15 is 0 Å². The van der Waals surface area contributed by atoms with Crippen LogP contribution in [0.5, 0.6) is 0 Å². The lowest BCUT2D eigenvalue weighted by Gasteiger charge is -2.19. The summed E-state index contributed by atoms with van der Waals surface area (Å²) in [5, 5.41) is 12.1. The zero-order valence-corrected chi connectivity index (χ0v) is 20.1. The van der Waals surface area contributed by atoms with Crippen molar-refractivity contribution < 1.29 is 18.7 Å². The minimum absolute atomic E-state index is 0.0321. The van der Waals surface area contributed by atoms with Crippen LogP contribution in [0.3, 0.4) is 0 Å². The molecule has 1 atom stereocenters. The smallest absolute Gasteiger partial charge is 0.298 e. The molecule has 1 amide bonds. The number of aliphatic hydroxyl groups is 1. The Bertz CT molecular complexity index is 1340. The molecular formula is C29H27F2N3O2. The fourth-order valence-corrected chi connectivity index (χ4v) is 3.99. The number of carbonyl (C=O) groups is 1. The zero-order chi connectivity index (χ0) is 25.7. The summed E-state index contributed by atoms with van der Waals surface area (Å²) in [6, 6.07) is 20.9. The van der Waals surface area contributed by atoms with Crippen molar-refractivity contribution in [2.75, 3.05) is 5.32 Å². The molecular weight excluding hydrogens is 460 g/mol. The molecule has 0 unspecified atom stereocenters. The van der Waals surface area contributed by atoms with Crippen molar-refractivity contribution in [2.24, 2.45) is 0 Å². The number of rotatable bonds is 8. The third kappa shape index (κ3) is 5.47. The van der Waals surface area contributed by atoms with E-state index in [1.807, 2.05) is 30.3 Å². The van der Waals surface area contributed by atoms with Gasteiger partial charge in [-0.15, -0.1) is 0 Å². The predicted molar refractivity (Wildman–Crippen MR) is 137 cm³/mol. The zero-order valence-electron chi connectivity index (χ0n) is 20.1. The van der Waals surface area contributed by atoms with Crippen LogP contribution in [0.1, 0.15) is 30.5 Å². The fraction of sp³-hybridized carbons (Fsp3) is 0.207. The van der Waals surface area contributed by atoms with Gasteiger partial charge in [-0.3, -0.25) is 14.8 Å². The van der Waals surface area contributed by atoms with Gasteiger partial charge in [0.2, 0.25) is 5.91 Å². The molecule has 0 aliphatic carbocycles. The predicted octanol–water partition coefficient (Wildman–Crippen LogP) is 6.03. The Balaban J connectivity index is 1.47. The number of halogens is 2. The van der Waals surface area contributed by atoms with Gasteiger partial charge >= 0.3 is 0 Å². The largest absolute Gasteiger partial charge is 0.387 e. The van der Waals surface area contributed by atoms with Crippen molar-refractivity contribution in [1.29, 1.82) is 0 Å². The number of anilines is 1. The average Bonchev–Trinajstić information content (AvgIpc) is 2.89. The quantitative estimate of drug-likeness (QED) is 0.318. The van der Waals surface area contributed by atoms with E-state index in [9.17, 15) is 18.7 Å². The lowest BCUT2D eigenvalue weighted by Crippen LogP contribution is -2.27. The molecule has 36 heavy (non-hydrogen) atoms. The molecule has 0 spiro atoms. The Labute approximate surface area is 208 Å². The summed E-state index contributed by atoms with van der Waals surface area (Å²) in [6.45, 7) is 3.15. The van der Waals surface area contributed by atoms with Gasteiger partial charge in [0.25, 0.3) is 5.92 Å². The summed E-state index contributed by atoms with van der Waals surface area (Å²) < 4.78 is 27.9. The summed E-state index contributed by atoms with van der Waals surface area (Å²) in [5.41, 5.74) is 5.57. The maximum Gasteiger partial charge on any atom is 0.298 e. The molecule has 0 aliphatic rings. The summed E-state index contributed by atoms with van der Waals surface area (Å²) >= 11 is 0. The molecule has 5 nitrogen and oxygen atoms in total. The van der Waals surface area contributed by atoms with Crippen molar-refractivity contribution >= 4 is 11.6 Å². The standard InChI is InChI=1S/C29H27F2N3O2/c1-3-21-6-4-5-7-25(21)28-27(32-16-17-33-28)22-10-14-24(15-11-22)34-26(36)18-20-8-12-23(13-9-20)29(30,31)19(2)35/h4-17,19,35H,3,18H2,1-2H3,(H,34,36)/t19-/m1/s1. The van der Waals surface area contributed by atoms with Gasteiger partial charge in [-0.05, 0) is 36.6 Å². The molecule has 3 aromatic carbocycles. The van der Waals surface area contributed by atoms with E-state index in [-0.39, 0.29) is 17.9 Å². The van der Waals surface area contributed by atoms with Gasteiger partial charge in [-0.1, -0.05) is 67.6 Å². The van der Waals surface area contributed by atoms with Crippen LogP contribution in [0.2, 0.25) is 0 Å². The van der Waals surface area contributed by atoms with E-state index in [0.717, 1.165) is 35.9 Å². The summed E-state index contributed by atoms with van der Waals surface area (Å²) in [6.07, 6.45) is 2.45. The first-order valence-electron chi connectivity index (χ1n) is 11.7. The van der Waals surface area contributed by atoms with Crippen molar-refractivity contribution in [2.45, 2.75) is 38.7 Å². The Hall–Kier alpha value is -3.97. The van der Waals surface area contributed by atoms with Crippen LogP contribution in [0.25, 0.3) is 22.5 Å². The highest BCUT2D eigenvalue weighted by Crippen LogP contribution is 2.32.